The third-order valence-electron chi connectivity index (χ3n) is 4.40. The first-order valence-electron chi connectivity index (χ1n) is 9.02. The lowest BCUT2D eigenvalue weighted by molar-refractivity contribution is -0.119. The van der Waals surface area contributed by atoms with E-state index in [0.29, 0.717) is 16.7 Å². The van der Waals surface area contributed by atoms with Gasteiger partial charge in [-0.25, -0.2) is 0 Å². The number of methoxy groups -OCH3 is 2. The molecule has 3 rings (SSSR count). The van der Waals surface area contributed by atoms with Gasteiger partial charge < -0.3 is 14.8 Å². The van der Waals surface area contributed by atoms with Gasteiger partial charge in [0, 0.05) is 5.56 Å². The molecule has 3 aromatic rings. The summed E-state index contributed by atoms with van der Waals surface area (Å²) in [7, 11) is 3.20. The first-order chi connectivity index (χ1) is 14.0. The average Bonchev–Trinajstić information content (AvgIpc) is 3.20. The molecule has 0 saturated carbocycles. The molecule has 1 heterocycles. The number of amides is 1. The Kier molecular flexibility index (Phi) is 6.71. The molecule has 0 aliphatic carbocycles. The van der Waals surface area contributed by atoms with E-state index in [4.69, 9.17) is 9.47 Å². The van der Waals surface area contributed by atoms with E-state index < -0.39 is 0 Å². The lowest BCUT2D eigenvalue weighted by Crippen LogP contribution is -2.28. The van der Waals surface area contributed by atoms with Crippen LogP contribution in [-0.2, 0) is 4.79 Å². The zero-order valence-corrected chi connectivity index (χ0v) is 17.6. The number of tetrazole rings is 1. The molecule has 0 spiro atoms. The number of benzene rings is 2. The molecule has 1 amide bonds. The molecule has 0 fully saturated rings. The second-order valence-corrected chi connectivity index (χ2v) is 7.29. The fourth-order valence-corrected chi connectivity index (χ4v) is 3.58. The number of nitrogens with one attached hydrogen (secondary N) is 1. The molecule has 0 bridgehead atoms. The molecule has 0 radical (unpaired) electrons. The summed E-state index contributed by atoms with van der Waals surface area (Å²) in [5, 5.41) is 15.4. The van der Waals surface area contributed by atoms with Crippen LogP contribution in [0.2, 0.25) is 0 Å². The summed E-state index contributed by atoms with van der Waals surface area (Å²) >= 11 is 1.28. The minimum absolute atomic E-state index is 0.133. The lowest BCUT2D eigenvalue weighted by atomic mass is 10.1. The van der Waals surface area contributed by atoms with Crippen LogP contribution in [0.4, 0.5) is 0 Å². The summed E-state index contributed by atoms with van der Waals surface area (Å²) < 4.78 is 12.3. The van der Waals surface area contributed by atoms with E-state index in [9.17, 15) is 4.79 Å². The Morgan fingerprint density at radius 1 is 1.21 bits per heavy atom. The van der Waals surface area contributed by atoms with Crippen LogP contribution in [0.5, 0.6) is 11.5 Å². The molecule has 8 nitrogen and oxygen atoms in total. The molecule has 1 atom stereocenters. The molecule has 0 saturated heterocycles. The molecule has 0 aliphatic rings. The third-order valence-corrected chi connectivity index (χ3v) is 5.32. The van der Waals surface area contributed by atoms with Crippen molar-refractivity contribution >= 4 is 17.7 Å². The Labute approximate surface area is 173 Å². The van der Waals surface area contributed by atoms with Gasteiger partial charge in [0.15, 0.2) is 0 Å². The Hall–Kier alpha value is -3.07. The fraction of sp³-hybridized carbons (Fsp3) is 0.300. The van der Waals surface area contributed by atoms with Gasteiger partial charge in [0.1, 0.15) is 11.5 Å². The topological polar surface area (TPSA) is 91.2 Å². The Morgan fingerprint density at radius 3 is 2.72 bits per heavy atom. The van der Waals surface area contributed by atoms with Crippen LogP contribution in [0, 0.1) is 6.92 Å². The molecule has 0 unspecified atom stereocenters. The highest BCUT2D eigenvalue weighted by molar-refractivity contribution is 7.99. The normalized spacial score (nSPS) is 11.7. The second-order valence-electron chi connectivity index (χ2n) is 6.35. The molecule has 1 N–H and O–H groups in total. The molecule has 1 aromatic heterocycles. The predicted octanol–water partition coefficient (Wildman–Crippen LogP) is 2.96. The molecule has 29 heavy (non-hydrogen) atoms. The van der Waals surface area contributed by atoms with Gasteiger partial charge in [-0.05, 0) is 54.1 Å². The van der Waals surface area contributed by atoms with Crippen LogP contribution in [0.15, 0.2) is 47.6 Å². The van der Waals surface area contributed by atoms with Gasteiger partial charge >= 0.3 is 0 Å². The van der Waals surface area contributed by atoms with Crippen molar-refractivity contribution in [2.24, 2.45) is 0 Å². The quantitative estimate of drug-likeness (QED) is 0.568. The smallest absolute Gasteiger partial charge is 0.230 e. The number of thioether (sulfide) groups is 1. The van der Waals surface area contributed by atoms with Gasteiger partial charge in [-0.15, -0.1) is 5.10 Å². The minimum atomic E-state index is -0.250. The largest absolute Gasteiger partial charge is 0.497 e. The van der Waals surface area contributed by atoms with Crippen LogP contribution in [0.3, 0.4) is 0 Å². The highest BCUT2D eigenvalue weighted by atomic mass is 32.2. The van der Waals surface area contributed by atoms with Gasteiger partial charge in [-0.2, -0.15) is 4.68 Å². The van der Waals surface area contributed by atoms with E-state index in [2.05, 4.69) is 20.8 Å². The number of nitrogens with zero attached hydrogens (tertiary/aromatic N) is 4. The van der Waals surface area contributed by atoms with E-state index in [-0.39, 0.29) is 17.7 Å². The molecular weight excluding hydrogens is 390 g/mol. The summed E-state index contributed by atoms with van der Waals surface area (Å²) in [6.07, 6.45) is 0. The van der Waals surface area contributed by atoms with Gasteiger partial charge in [-0.1, -0.05) is 30.0 Å². The number of ether oxygens (including phenoxy) is 2. The van der Waals surface area contributed by atoms with E-state index in [1.807, 2.05) is 56.3 Å². The lowest BCUT2D eigenvalue weighted by Gasteiger charge is -2.18. The third kappa shape index (κ3) is 4.86. The predicted molar refractivity (Wildman–Crippen MR) is 111 cm³/mol. The van der Waals surface area contributed by atoms with Crippen molar-refractivity contribution in [1.82, 2.24) is 25.5 Å². The molecule has 152 valence electrons. The first-order valence-corrected chi connectivity index (χ1v) is 10.0. The van der Waals surface area contributed by atoms with Crippen molar-refractivity contribution in [2.45, 2.75) is 25.0 Å². The summed E-state index contributed by atoms with van der Waals surface area (Å²) in [6.45, 7) is 3.89. The van der Waals surface area contributed by atoms with Crippen LogP contribution in [0.1, 0.15) is 24.1 Å². The first kappa shape index (κ1) is 20.7. The Bertz CT molecular complexity index is 992. The van der Waals surface area contributed by atoms with Gasteiger partial charge in [-0.3, -0.25) is 4.79 Å². The zero-order chi connectivity index (χ0) is 20.8. The van der Waals surface area contributed by atoms with Crippen molar-refractivity contribution in [1.29, 1.82) is 0 Å². The van der Waals surface area contributed by atoms with Gasteiger partial charge in [0.2, 0.25) is 11.1 Å². The van der Waals surface area contributed by atoms with Gasteiger partial charge in [0.25, 0.3) is 0 Å². The van der Waals surface area contributed by atoms with Crippen LogP contribution < -0.4 is 14.8 Å². The van der Waals surface area contributed by atoms with E-state index in [0.717, 1.165) is 16.8 Å². The summed E-state index contributed by atoms with van der Waals surface area (Å²) in [5.41, 5.74) is 2.77. The second kappa shape index (κ2) is 9.42. The average molecular weight is 414 g/mol. The van der Waals surface area contributed by atoms with Crippen LogP contribution in [-0.4, -0.2) is 46.1 Å². The van der Waals surface area contributed by atoms with Gasteiger partial charge in [0.05, 0.1) is 31.7 Å². The van der Waals surface area contributed by atoms with E-state index in [1.54, 1.807) is 18.9 Å². The molecule has 2 aromatic carbocycles. The Morgan fingerprint density at radius 2 is 2.00 bits per heavy atom. The number of carbonyl (C=O) groups excluding carboxylic acids is 1. The highest BCUT2D eigenvalue weighted by Crippen LogP contribution is 2.29. The number of aryl methyl sites for hydroxylation is 1. The number of aromatic nitrogens is 4. The van der Waals surface area contributed by atoms with Crippen molar-refractivity contribution in [3.63, 3.8) is 0 Å². The summed E-state index contributed by atoms with van der Waals surface area (Å²) in [5.74, 6) is 1.44. The number of rotatable bonds is 8. The van der Waals surface area contributed by atoms with Crippen molar-refractivity contribution < 1.29 is 14.3 Å². The maximum atomic E-state index is 12.5. The van der Waals surface area contributed by atoms with E-state index >= 15 is 0 Å². The standard InChI is InChI=1S/C20H23N5O3S/c1-13-7-5-6-8-17(13)25-20(22-23-24-25)29-12-19(26)21-14(2)16-11-15(27-3)9-10-18(16)28-4/h5-11,14H,12H2,1-4H3,(H,21,26)/t14-/m0/s1. The maximum absolute atomic E-state index is 12.5. The number of hydrogen-bond acceptors (Lipinski definition) is 7. The summed E-state index contributed by atoms with van der Waals surface area (Å²) in [4.78, 5) is 12.5. The maximum Gasteiger partial charge on any atom is 0.230 e. The van der Waals surface area contributed by atoms with Crippen molar-refractivity contribution in [3.05, 3.63) is 53.6 Å². The monoisotopic (exact) mass is 413 g/mol. The minimum Gasteiger partial charge on any atom is -0.497 e. The number of para-hydroxylation sites is 1. The summed E-state index contributed by atoms with van der Waals surface area (Å²) in [6, 6.07) is 13.1. The van der Waals surface area contributed by atoms with E-state index in [1.165, 1.54) is 11.8 Å². The molecule has 0 aliphatic heterocycles. The van der Waals surface area contributed by atoms with Crippen molar-refractivity contribution in [2.75, 3.05) is 20.0 Å². The zero-order valence-electron chi connectivity index (χ0n) is 16.7. The van der Waals surface area contributed by atoms with Crippen LogP contribution >= 0.6 is 11.8 Å². The van der Waals surface area contributed by atoms with Crippen LogP contribution in [0.25, 0.3) is 5.69 Å². The molecular formula is C20H23N5O3S. The highest BCUT2D eigenvalue weighted by Gasteiger charge is 2.17. The number of hydrogen-bond donors (Lipinski definition) is 1. The van der Waals surface area contributed by atoms with Crippen molar-refractivity contribution in [3.8, 4) is 17.2 Å². The SMILES string of the molecule is COc1ccc(OC)c([C@H](C)NC(=O)CSc2nnnn2-c2ccccc2C)c1. The number of carbonyl (C=O) groups is 1. The Balaban J connectivity index is 1.66. The fourth-order valence-electron chi connectivity index (χ4n) is 2.89. The molecule has 9 heteroatoms.